The Hall–Kier alpha value is -1.78. The van der Waals surface area contributed by atoms with Crippen LogP contribution >= 0.6 is 22.6 Å². The maximum Gasteiger partial charge on any atom is 0.248 e. The van der Waals surface area contributed by atoms with Crippen LogP contribution in [0.2, 0.25) is 0 Å². The fourth-order valence-corrected chi connectivity index (χ4v) is 2.46. The monoisotopic (exact) mass is 431 g/mol. The summed E-state index contributed by atoms with van der Waals surface area (Å²) >= 11 is 1.98. The number of rotatable bonds is 6. The number of carbonyl (C=O) groups is 1. The lowest BCUT2D eigenvalue weighted by Gasteiger charge is -2.26. The molecule has 1 unspecified atom stereocenters. The lowest BCUT2D eigenvalue weighted by atomic mass is 10.2. The molecule has 0 spiro atoms. The number of aliphatic hydroxyl groups is 2. The number of primary amides is 1. The Kier molecular flexibility index (Phi) is 5.85. The Bertz CT molecular complexity index is 714. The van der Waals surface area contributed by atoms with E-state index in [4.69, 9.17) is 10.8 Å². The van der Waals surface area contributed by atoms with Crippen molar-refractivity contribution in [3.05, 3.63) is 51.5 Å². The van der Waals surface area contributed by atoms with Crippen molar-refractivity contribution in [3.8, 4) is 0 Å². The predicted molar refractivity (Wildman–Crippen MR) is 92.0 cm³/mol. The van der Waals surface area contributed by atoms with Gasteiger partial charge in [0.25, 0.3) is 0 Å². The zero-order chi connectivity index (χ0) is 17.0. The van der Waals surface area contributed by atoms with Gasteiger partial charge in [0.2, 0.25) is 5.91 Å². The third kappa shape index (κ3) is 4.36. The van der Waals surface area contributed by atoms with E-state index in [0.717, 1.165) is 0 Å². The molecule has 1 heterocycles. The number of benzene rings is 1. The van der Waals surface area contributed by atoms with Gasteiger partial charge in [-0.3, -0.25) is 4.79 Å². The van der Waals surface area contributed by atoms with Crippen LogP contribution in [0.5, 0.6) is 0 Å². The largest absolute Gasteiger partial charge is 0.394 e. The highest BCUT2D eigenvalue weighted by Gasteiger charge is 2.19. The number of nitrogens with two attached hydrogens (primary N) is 1. The van der Waals surface area contributed by atoms with Crippen molar-refractivity contribution < 1.29 is 19.4 Å². The second-order valence-electron chi connectivity index (χ2n) is 4.81. The number of carbonyl (C=O) groups excluding carboxylic acids is 1. The number of nitrogens with zero attached hydrogens (tertiary/aromatic N) is 2. The molecule has 1 amide bonds. The minimum absolute atomic E-state index is 0.0940. The highest BCUT2D eigenvalue weighted by atomic mass is 127. The highest BCUT2D eigenvalue weighted by Crippen LogP contribution is 2.28. The summed E-state index contributed by atoms with van der Waals surface area (Å²) in [4.78, 5) is 16.8. The maximum atomic E-state index is 14.3. The van der Waals surface area contributed by atoms with Crippen LogP contribution in [0.15, 0.2) is 36.5 Å². The molecule has 0 aliphatic carbocycles. The number of hydrogen-bond donors (Lipinski definition) is 3. The second kappa shape index (κ2) is 7.66. The van der Waals surface area contributed by atoms with Gasteiger partial charge < -0.3 is 20.8 Å². The molecule has 2 rings (SSSR count). The van der Waals surface area contributed by atoms with E-state index < -0.39 is 24.4 Å². The molecule has 2 aromatic rings. The van der Waals surface area contributed by atoms with Gasteiger partial charge in [0.05, 0.1) is 24.9 Å². The Morgan fingerprint density at radius 3 is 2.74 bits per heavy atom. The van der Waals surface area contributed by atoms with E-state index >= 15 is 0 Å². The lowest BCUT2D eigenvalue weighted by molar-refractivity contribution is 0.1000. The summed E-state index contributed by atoms with van der Waals surface area (Å²) in [6, 6.07) is 7.43. The quantitative estimate of drug-likeness (QED) is 0.601. The molecule has 0 bridgehead atoms. The summed E-state index contributed by atoms with van der Waals surface area (Å²) in [6.45, 7) is -0.582. The van der Waals surface area contributed by atoms with Crippen LogP contribution in [0, 0.1) is 9.39 Å². The number of aromatic nitrogens is 1. The number of pyridine rings is 1. The summed E-state index contributed by atoms with van der Waals surface area (Å²) in [5, 5.41) is 18.8. The van der Waals surface area contributed by atoms with Gasteiger partial charge in [-0.1, -0.05) is 0 Å². The van der Waals surface area contributed by atoms with E-state index in [0.29, 0.717) is 3.57 Å². The first kappa shape index (κ1) is 17.6. The van der Waals surface area contributed by atoms with E-state index in [9.17, 15) is 14.3 Å². The zero-order valence-electron chi connectivity index (χ0n) is 12.0. The van der Waals surface area contributed by atoms with Gasteiger partial charge >= 0.3 is 0 Å². The highest BCUT2D eigenvalue weighted by molar-refractivity contribution is 14.1. The molecule has 0 aliphatic rings. The van der Waals surface area contributed by atoms with Crippen molar-refractivity contribution in [1.82, 2.24) is 4.98 Å². The molecule has 1 aromatic heterocycles. The first-order chi connectivity index (χ1) is 10.9. The zero-order valence-corrected chi connectivity index (χ0v) is 14.1. The molecular formula is C15H15FIN3O3. The minimum atomic E-state index is -1.10. The van der Waals surface area contributed by atoms with Gasteiger partial charge in [0, 0.05) is 15.3 Å². The molecule has 0 fully saturated rings. The van der Waals surface area contributed by atoms with E-state index in [-0.39, 0.29) is 23.6 Å². The Labute approximate surface area is 145 Å². The van der Waals surface area contributed by atoms with Gasteiger partial charge in [-0.15, -0.1) is 0 Å². The SMILES string of the molecule is NC(=O)c1ccnc(N(CC(O)CO)c2ccc(I)cc2F)c1. The van der Waals surface area contributed by atoms with Gasteiger partial charge in [0.1, 0.15) is 11.6 Å². The molecule has 4 N–H and O–H groups in total. The van der Waals surface area contributed by atoms with Crippen molar-refractivity contribution in [2.75, 3.05) is 18.1 Å². The van der Waals surface area contributed by atoms with Gasteiger partial charge in [0.15, 0.2) is 0 Å². The van der Waals surface area contributed by atoms with Gasteiger partial charge in [-0.05, 0) is 52.9 Å². The molecule has 1 atom stereocenters. The minimum Gasteiger partial charge on any atom is -0.394 e. The fraction of sp³-hybridized carbons (Fsp3) is 0.200. The topological polar surface area (TPSA) is 99.7 Å². The van der Waals surface area contributed by atoms with Crippen LogP contribution in [0.25, 0.3) is 0 Å². The van der Waals surface area contributed by atoms with Crippen LogP contribution in [0.4, 0.5) is 15.9 Å². The third-order valence-corrected chi connectivity index (χ3v) is 3.78. The number of anilines is 2. The first-order valence-electron chi connectivity index (χ1n) is 6.69. The molecule has 6 nitrogen and oxygen atoms in total. The van der Waals surface area contributed by atoms with Crippen molar-refractivity contribution in [2.24, 2.45) is 5.73 Å². The summed E-state index contributed by atoms with van der Waals surface area (Å²) < 4.78 is 15.0. The number of amides is 1. The van der Waals surface area contributed by atoms with Crippen molar-refractivity contribution in [1.29, 1.82) is 0 Å². The molecule has 1 aromatic carbocycles. The van der Waals surface area contributed by atoms with Crippen LogP contribution < -0.4 is 10.6 Å². The summed E-state index contributed by atoms with van der Waals surface area (Å²) in [5.74, 6) is -0.901. The number of hydrogen-bond acceptors (Lipinski definition) is 5. The summed E-state index contributed by atoms with van der Waals surface area (Å²) in [5.41, 5.74) is 5.63. The van der Waals surface area contributed by atoms with Crippen LogP contribution in [0.3, 0.4) is 0 Å². The summed E-state index contributed by atoms with van der Waals surface area (Å²) in [6.07, 6.45) is 0.269. The average Bonchev–Trinajstić information content (AvgIpc) is 2.53. The third-order valence-electron chi connectivity index (χ3n) is 3.11. The standard InChI is InChI=1S/C15H15FIN3O3/c16-12-6-10(17)1-2-13(12)20(7-11(22)8-21)14-5-9(15(18)23)3-4-19-14/h1-6,11,21-22H,7-8H2,(H2,18,23). The van der Waals surface area contributed by atoms with Crippen molar-refractivity contribution in [3.63, 3.8) is 0 Å². The Morgan fingerprint density at radius 1 is 1.39 bits per heavy atom. The van der Waals surface area contributed by atoms with E-state index in [1.54, 1.807) is 12.1 Å². The number of aliphatic hydroxyl groups excluding tert-OH is 2. The van der Waals surface area contributed by atoms with Gasteiger partial charge in [-0.25, -0.2) is 9.37 Å². The molecule has 0 saturated carbocycles. The Morgan fingerprint density at radius 2 is 2.13 bits per heavy atom. The molecule has 8 heteroatoms. The lowest BCUT2D eigenvalue weighted by Crippen LogP contribution is -2.32. The summed E-state index contributed by atoms with van der Waals surface area (Å²) in [7, 11) is 0. The molecule has 23 heavy (non-hydrogen) atoms. The normalized spacial score (nSPS) is 12.0. The first-order valence-corrected chi connectivity index (χ1v) is 7.77. The second-order valence-corrected chi connectivity index (χ2v) is 6.06. The number of halogens is 2. The van der Waals surface area contributed by atoms with E-state index in [1.807, 2.05) is 22.6 Å². The van der Waals surface area contributed by atoms with Crippen LogP contribution in [0.1, 0.15) is 10.4 Å². The molecule has 0 radical (unpaired) electrons. The van der Waals surface area contributed by atoms with Gasteiger partial charge in [-0.2, -0.15) is 0 Å². The van der Waals surface area contributed by atoms with E-state index in [1.165, 1.54) is 29.3 Å². The molecule has 0 aliphatic heterocycles. The van der Waals surface area contributed by atoms with Crippen molar-refractivity contribution >= 4 is 40.0 Å². The molecule has 122 valence electrons. The van der Waals surface area contributed by atoms with E-state index in [2.05, 4.69) is 4.98 Å². The molecule has 0 saturated heterocycles. The maximum absolute atomic E-state index is 14.3. The Balaban J connectivity index is 2.49. The smallest absolute Gasteiger partial charge is 0.248 e. The van der Waals surface area contributed by atoms with Crippen LogP contribution in [-0.2, 0) is 0 Å². The average molecular weight is 431 g/mol. The predicted octanol–water partition coefficient (Wildman–Crippen LogP) is 1.42. The van der Waals surface area contributed by atoms with Crippen molar-refractivity contribution in [2.45, 2.75) is 6.10 Å². The fourth-order valence-electron chi connectivity index (χ4n) is 2.00. The molecular weight excluding hydrogens is 416 g/mol. The van der Waals surface area contributed by atoms with Crippen LogP contribution in [-0.4, -0.2) is 40.4 Å².